The Balaban J connectivity index is 3.94. The van der Waals surface area contributed by atoms with Crippen LogP contribution >= 0.6 is 7.82 Å². The number of unbranched alkanes of at least 4 members (excludes halogenated alkanes) is 28. The predicted octanol–water partition coefficient (Wildman–Crippen LogP) is 12.9. The van der Waals surface area contributed by atoms with Crippen molar-refractivity contribution in [2.75, 3.05) is 54.1 Å². The van der Waals surface area contributed by atoms with Crippen LogP contribution in [0.1, 0.15) is 213 Å². The van der Waals surface area contributed by atoms with Gasteiger partial charge in [0.05, 0.1) is 34.4 Å². The lowest BCUT2D eigenvalue weighted by Crippen LogP contribution is -2.37. The molecular formula is C43H89NO7P+. The summed E-state index contributed by atoms with van der Waals surface area (Å²) in [6, 6.07) is 0. The molecule has 0 aromatic carbocycles. The van der Waals surface area contributed by atoms with Gasteiger partial charge in [-0.1, -0.05) is 194 Å². The molecule has 2 atom stereocenters. The summed E-state index contributed by atoms with van der Waals surface area (Å²) in [4.78, 5) is 22.7. The molecule has 0 aromatic heterocycles. The summed E-state index contributed by atoms with van der Waals surface area (Å²) in [6.07, 6.45) is 38.8. The van der Waals surface area contributed by atoms with Crippen LogP contribution in [0.15, 0.2) is 0 Å². The Morgan fingerprint density at radius 1 is 0.519 bits per heavy atom. The highest BCUT2D eigenvalue weighted by atomic mass is 31.2. The van der Waals surface area contributed by atoms with Crippen molar-refractivity contribution in [1.82, 2.24) is 0 Å². The third-order valence-electron chi connectivity index (χ3n) is 9.92. The number of phosphoric acid groups is 1. The first-order chi connectivity index (χ1) is 25.1. The molecule has 1 N–H and O–H groups in total. The predicted molar refractivity (Wildman–Crippen MR) is 220 cm³/mol. The molecule has 2 unspecified atom stereocenters. The molecular weight excluding hydrogens is 673 g/mol. The van der Waals surface area contributed by atoms with Crippen LogP contribution in [0.5, 0.6) is 0 Å². The van der Waals surface area contributed by atoms with E-state index in [0.29, 0.717) is 24.1 Å². The van der Waals surface area contributed by atoms with Gasteiger partial charge in [-0.25, -0.2) is 4.57 Å². The first kappa shape index (κ1) is 51.5. The average molecular weight is 763 g/mol. The summed E-state index contributed by atoms with van der Waals surface area (Å²) in [5, 5.41) is 0. The molecule has 0 fully saturated rings. The monoisotopic (exact) mass is 763 g/mol. The summed E-state index contributed by atoms with van der Waals surface area (Å²) >= 11 is 0. The molecule has 0 aliphatic heterocycles. The Bertz CT molecular complexity index is 807. The van der Waals surface area contributed by atoms with Crippen molar-refractivity contribution in [2.24, 2.45) is 0 Å². The number of hydrogen-bond donors (Lipinski definition) is 1. The number of ether oxygens (including phenoxy) is 2. The molecule has 312 valence electrons. The van der Waals surface area contributed by atoms with E-state index in [9.17, 15) is 14.3 Å². The fraction of sp³-hybridized carbons (Fsp3) is 0.977. The summed E-state index contributed by atoms with van der Waals surface area (Å²) in [5.41, 5.74) is 0. The van der Waals surface area contributed by atoms with E-state index in [2.05, 4.69) is 13.8 Å². The molecule has 0 spiro atoms. The Labute approximate surface area is 323 Å². The zero-order valence-corrected chi connectivity index (χ0v) is 36.2. The van der Waals surface area contributed by atoms with Gasteiger partial charge in [0, 0.05) is 13.0 Å². The summed E-state index contributed by atoms with van der Waals surface area (Å²) in [6.45, 7) is 5.63. The molecule has 0 aliphatic rings. The van der Waals surface area contributed by atoms with Gasteiger partial charge < -0.3 is 18.9 Å². The Morgan fingerprint density at radius 2 is 0.885 bits per heavy atom. The van der Waals surface area contributed by atoms with E-state index in [1.165, 1.54) is 161 Å². The minimum absolute atomic E-state index is 0.0933. The van der Waals surface area contributed by atoms with Crippen molar-refractivity contribution in [3.8, 4) is 0 Å². The lowest BCUT2D eigenvalue weighted by Gasteiger charge is -2.24. The van der Waals surface area contributed by atoms with Gasteiger partial charge in [0.25, 0.3) is 0 Å². The second-order valence-electron chi connectivity index (χ2n) is 16.4. The zero-order chi connectivity index (χ0) is 38.4. The van der Waals surface area contributed by atoms with Crippen LogP contribution in [0.25, 0.3) is 0 Å². The van der Waals surface area contributed by atoms with Crippen LogP contribution in [-0.2, 0) is 27.9 Å². The van der Waals surface area contributed by atoms with Gasteiger partial charge in [-0.2, -0.15) is 0 Å². The number of nitrogens with zero attached hydrogens (tertiary/aromatic N) is 1. The number of quaternary nitrogens is 1. The maximum absolute atomic E-state index is 12.5. The number of likely N-dealkylation sites (N-methyl/N-ethyl adjacent to an activating group) is 1. The molecule has 0 saturated heterocycles. The second-order valence-corrected chi connectivity index (χ2v) is 17.9. The lowest BCUT2D eigenvalue weighted by molar-refractivity contribution is -0.870. The first-order valence-electron chi connectivity index (χ1n) is 22.3. The van der Waals surface area contributed by atoms with Crippen molar-refractivity contribution in [1.29, 1.82) is 0 Å². The first-order valence-corrected chi connectivity index (χ1v) is 23.8. The van der Waals surface area contributed by atoms with Crippen LogP contribution < -0.4 is 0 Å². The van der Waals surface area contributed by atoms with Gasteiger partial charge in [0.15, 0.2) is 0 Å². The summed E-state index contributed by atoms with van der Waals surface area (Å²) in [7, 11) is 1.68. The highest BCUT2D eigenvalue weighted by Gasteiger charge is 2.26. The quantitative estimate of drug-likeness (QED) is 0.0286. The van der Waals surface area contributed by atoms with E-state index in [1.54, 1.807) is 0 Å². The van der Waals surface area contributed by atoms with E-state index in [1.807, 2.05) is 21.1 Å². The smallest absolute Gasteiger partial charge is 0.457 e. The second kappa shape index (κ2) is 37.4. The van der Waals surface area contributed by atoms with Crippen molar-refractivity contribution in [3.63, 3.8) is 0 Å². The normalized spacial score (nSPS) is 13.7. The van der Waals surface area contributed by atoms with Crippen molar-refractivity contribution in [3.05, 3.63) is 0 Å². The minimum Gasteiger partial charge on any atom is -0.457 e. The third kappa shape index (κ3) is 40.7. The van der Waals surface area contributed by atoms with Crippen LogP contribution in [0.4, 0.5) is 0 Å². The van der Waals surface area contributed by atoms with E-state index in [-0.39, 0.29) is 25.8 Å². The molecule has 0 heterocycles. The Hall–Kier alpha value is -0.500. The van der Waals surface area contributed by atoms with Crippen molar-refractivity contribution < 1.29 is 37.3 Å². The van der Waals surface area contributed by atoms with Crippen LogP contribution in [0.2, 0.25) is 0 Å². The van der Waals surface area contributed by atoms with Gasteiger partial charge in [0.2, 0.25) is 0 Å². The molecule has 0 aromatic rings. The topological polar surface area (TPSA) is 91.3 Å². The highest BCUT2D eigenvalue weighted by Crippen LogP contribution is 2.43. The van der Waals surface area contributed by atoms with Crippen LogP contribution in [0, 0.1) is 0 Å². The summed E-state index contributed by atoms with van der Waals surface area (Å²) in [5.74, 6) is -0.316. The van der Waals surface area contributed by atoms with Crippen molar-refractivity contribution in [2.45, 2.75) is 219 Å². The Morgan fingerprint density at radius 3 is 1.27 bits per heavy atom. The van der Waals surface area contributed by atoms with E-state index >= 15 is 0 Å². The van der Waals surface area contributed by atoms with Gasteiger partial charge in [-0.3, -0.25) is 13.8 Å². The molecule has 0 bridgehead atoms. The minimum atomic E-state index is -4.26. The summed E-state index contributed by atoms with van der Waals surface area (Å²) < 4.78 is 34.8. The number of carbonyl (C=O) groups is 1. The maximum Gasteiger partial charge on any atom is 0.472 e. The molecule has 0 saturated carbocycles. The molecule has 0 radical (unpaired) electrons. The molecule has 0 rings (SSSR count). The zero-order valence-electron chi connectivity index (χ0n) is 35.3. The number of hydrogen-bond acceptors (Lipinski definition) is 6. The number of phosphoric ester groups is 1. The molecule has 0 aliphatic carbocycles. The van der Waals surface area contributed by atoms with Crippen LogP contribution in [0.3, 0.4) is 0 Å². The van der Waals surface area contributed by atoms with E-state index in [0.717, 1.165) is 32.1 Å². The molecule has 0 amide bonds. The molecule has 8 nitrogen and oxygen atoms in total. The van der Waals surface area contributed by atoms with Gasteiger partial charge in [-0.05, 0) is 12.8 Å². The average Bonchev–Trinajstić information content (AvgIpc) is 3.09. The van der Waals surface area contributed by atoms with E-state index < -0.39 is 13.9 Å². The SMILES string of the molecule is CCCCCCCCCCCCCCCCCCCCCCCCCOCC(COP(=O)(O)OCC[N+](C)(C)C)OC(=O)CCCCCCCCC. The highest BCUT2D eigenvalue weighted by molar-refractivity contribution is 7.47. The van der Waals surface area contributed by atoms with Crippen LogP contribution in [-0.4, -0.2) is 75.6 Å². The Kier molecular flexibility index (Phi) is 37.1. The molecule has 52 heavy (non-hydrogen) atoms. The number of esters is 1. The number of carbonyl (C=O) groups excluding carboxylic acids is 1. The van der Waals surface area contributed by atoms with Crippen molar-refractivity contribution >= 4 is 13.8 Å². The van der Waals surface area contributed by atoms with Gasteiger partial charge in [0.1, 0.15) is 19.3 Å². The lowest BCUT2D eigenvalue weighted by atomic mass is 10.0. The standard InChI is InChI=1S/C43H88NO7P/c1-6-8-10-12-14-15-16-17-18-19-20-21-22-23-24-25-26-27-28-29-31-33-35-38-48-40-42(41-50-52(46,47)49-39-37-44(3,4)5)51-43(45)36-34-32-30-13-11-9-7-2/h42H,6-41H2,1-5H3/p+1. The fourth-order valence-corrected chi connectivity index (χ4v) is 7.18. The fourth-order valence-electron chi connectivity index (χ4n) is 6.44. The van der Waals surface area contributed by atoms with Gasteiger partial charge >= 0.3 is 13.8 Å². The van der Waals surface area contributed by atoms with E-state index in [4.69, 9.17) is 18.5 Å². The number of rotatable bonds is 42. The largest absolute Gasteiger partial charge is 0.472 e. The third-order valence-corrected chi connectivity index (χ3v) is 10.9. The maximum atomic E-state index is 12.5. The molecule has 9 heteroatoms. The van der Waals surface area contributed by atoms with Gasteiger partial charge in [-0.15, -0.1) is 0 Å².